The predicted molar refractivity (Wildman–Crippen MR) is 48.9 cm³/mol. The van der Waals surface area contributed by atoms with Gasteiger partial charge in [0, 0.05) is 0 Å². The fourth-order valence-corrected chi connectivity index (χ4v) is 1.90. The highest BCUT2D eigenvalue weighted by Gasteiger charge is 1.99. The first-order valence-corrected chi connectivity index (χ1v) is 4.44. The molecule has 1 aromatic carbocycles. The zero-order valence-electron chi connectivity index (χ0n) is 5.62. The minimum absolute atomic E-state index is 0.868. The quantitative estimate of drug-likeness (QED) is 0.661. The van der Waals surface area contributed by atoms with Crippen LogP contribution in [0.4, 0.5) is 0 Å². The van der Waals surface area contributed by atoms with Gasteiger partial charge in [-0.25, -0.2) is 4.98 Å². The number of benzene rings is 1. The smallest absolute Gasteiger partial charge is 0.114 e. The summed E-state index contributed by atoms with van der Waals surface area (Å²) >= 11 is 7.12. The van der Waals surface area contributed by atoms with Crippen LogP contribution < -0.4 is 0 Å². The molecule has 0 atom stereocenters. The van der Waals surface area contributed by atoms with Crippen molar-refractivity contribution >= 4 is 33.2 Å². The molecule has 1 heterocycles. The summed E-state index contributed by atoms with van der Waals surface area (Å²) in [6.07, 6.45) is 0. The molecular weight excluding hydrogens is 178 g/mol. The van der Waals surface area contributed by atoms with Crippen molar-refractivity contribution in [2.45, 2.75) is 0 Å². The van der Waals surface area contributed by atoms with Crippen LogP contribution in [-0.2, 0) is 0 Å². The number of rotatable bonds is 1. The van der Waals surface area contributed by atoms with Crippen LogP contribution in [0.3, 0.4) is 0 Å². The van der Waals surface area contributed by atoms with E-state index in [9.17, 15) is 0 Å². The van der Waals surface area contributed by atoms with Gasteiger partial charge in [0.05, 0.1) is 10.2 Å². The number of aromatic nitrogens is 1. The van der Waals surface area contributed by atoms with Gasteiger partial charge < -0.3 is 0 Å². The largest absolute Gasteiger partial charge is 0.240 e. The van der Waals surface area contributed by atoms with Gasteiger partial charge in [-0.2, -0.15) is 0 Å². The van der Waals surface area contributed by atoms with E-state index in [-0.39, 0.29) is 0 Å². The highest BCUT2D eigenvalue weighted by Crippen LogP contribution is 2.22. The molecule has 55 valence electrons. The Kier molecular flexibility index (Phi) is 1.80. The predicted octanol–water partition coefficient (Wildman–Crippen LogP) is 3.04. The van der Waals surface area contributed by atoms with Crippen LogP contribution in [0.5, 0.6) is 0 Å². The molecule has 0 aliphatic carbocycles. The molecule has 1 radical (unpaired) electrons. The minimum atomic E-state index is 0.868. The fraction of sp³-hybridized carbons (Fsp3) is 0. The third-order valence-corrected chi connectivity index (χ3v) is 2.72. The maximum atomic E-state index is 5.52. The second-order valence-corrected chi connectivity index (χ2v) is 3.41. The summed E-state index contributed by atoms with van der Waals surface area (Å²) < 4.78 is 1.18. The molecular formula is C8H5ClNS. The van der Waals surface area contributed by atoms with E-state index >= 15 is 0 Å². The van der Waals surface area contributed by atoms with E-state index in [2.05, 4.69) is 4.98 Å². The van der Waals surface area contributed by atoms with Crippen molar-refractivity contribution in [3.63, 3.8) is 0 Å². The molecule has 0 N–H and O–H groups in total. The number of halogens is 1. The van der Waals surface area contributed by atoms with Crippen molar-refractivity contribution in [1.29, 1.82) is 0 Å². The lowest BCUT2D eigenvalue weighted by molar-refractivity contribution is 1.42. The average molecular weight is 183 g/mol. The summed E-state index contributed by atoms with van der Waals surface area (Å²) in [5, 5.41) is 0.868. The monoisotopic (exact) mass is 182 g/mol. The number of fused-ring (bicyclic) bond motifs is 1. The Morgan fingerprint density at radius 3 is 2.91 bits per heavy atom. The summed E-state index contributed by atoms with van der Waals surface area (Å²) in [7, 11) is 0. The van der Waals surface area contributed by atoms with Crippen LogP contribution in [0.15, 0.2) is 24.3 Å². The van der Waals surface area contributed by atoms with Gasteiger partial charge in [-0.15, -0.1) is 22.9 Å². The molecule has 0 bridgehead atoms. The number of para-hydroxylation sites is 1. The van der Waals surface area contributed by atoms with Crippen LogP contribution in [0.25, 0.3) is 10.2 Å². The first-order valence-electron chi connectivity index (χ1n) is 3.19. The lowest BCUT2D eigenvalue weighted by Gasteiger charge is -1.80. The minimum Gasteiger partial charge on any atom is -0.240 e. The van der Waals surface area contributed by atoms with Gasteiger partial charge in [-0.1, -0.05) is 12.1 Å². The average Bonchev–Trinajstić information content (AvgIpc) is 2.46. The molecule has 0 amide bonds. The fourth-order valence-electron chi connectivity index (χ4n) is 0.937. The molecule has 0 saturated carbocycles. The Balaban J connectivity index is 2.69. The summed E-state index contributed by atoms with van der Waals surface area (Å²) in [6.45, 7) is 0. The van der Waals surface area contributed by atoms with Crippen LogP contribution in [-0.4, -0.2) is 4.98 Å². The van der Waals surface area contributed by atoms with Gasteiger partial charge in [-0.05, 0) is 12.1 Å². The number of thiazole rings is 1. The zero-order valence-corrected chi connectivity index (χ0v) is 7.19. The van der Waals surface area contributed by atoms with Gasteiger partial charge in [0.15, 0.2) is 0 Å². The number of nitrogens with zero attached hydrogens (tertiary/aromatic N) is 1. The Morgan fingerprint density at radius 1 is 1.36 bits per heavy atom. The lowest BCUT2D eigenvalue weighted by Crippen LogP contribution is -1.68. The second kappa shape index (κ2) is 2.80. The molecule has 2 rings (SSSR count). The lowest BCUT2D eigenvalue weighted by atomic mass is 10.3. The highest BCUT2D eigenvalue weighted by atomic mass is 35.5. The number of hydrogen-bond donors (Lipinski definition) is 0. The molecule has 2 aromatic rings. The van der Waals surface area contributed by atoms with E-state index in [0.29, 0.717) is 0 Å². The van der Waals surface area contributed by atoms with E-state index in [0.717, 1.165) is 10.5 Å². The third-order valence-electron chi connectivity index (χ3n) is 1.40. The summed E-state index contributed by atoms with van der Waals surface area (Å²) in [4.78, 5) is 4.26. The van der Waals surface area contributed by atoms with Gasteiger partial charge >= 0.3 is 0 Å². The SMILES string of the molecule is Cl[CH]c1nc2ccccc2s1. The zero-order chi connectivity index (χ0) is 7.68. The Labute approximate surface area is 73.6 Å². The molecule has 11 heavy (non-hydrogen) atoms. The molecule has 0 aliphatic heterocycles. The maximum absolute atomic E-state index is 5.52. The maximum Gasteiger partial charge on any atom is 0.114 e. The summed E-state index contributed by atoms with van der Waals surface area (Å²) in [5.41, 5.74) is 1.02. The molecule has 1 nitrogen and oxygen atoms in total. The molecule has 1 aromatic heterocycles. The van der Waals surface area contributed by atoms with Crippen LogP contribution in [0.1, 0.15) is 5.01 Å². The van der Waals surface area contributed by atoms with Crippen molar-refractivity contribution in [3.05, 3.63) is 35.2 Å². The highest BCUT2D eigenvalue weighted by molar-refractivity contribution is 7.19. The topological polar surface area (TPSA) is 12.9 Å². The Bertz CT molecular complexity index is 336. The van der Waals surface area contributed by atoms with Crippen molar-refractivity contribution in [2.75, 3.05) is 0 Å². The van der Waals surface area contributed by atoms with E-state index in [1.165, 1.54) is 10.6 Å². The molecule has 0 saturated heterocycles. The van der Waals surface area contributed by atoms with E-state index in [4.69, 9.17) is 11.6 Å². The molecule has 0 unspecified atom stereocenters. The van der Waals surface area contributed by atoms with Crippen LogP contribution in [0, 0.1) is 5.88 Å². The number of hydrogen-bond acceptors (Lipinski definition) is 2. The standard InChI is InChI=1S/C8H5ClNS/c9-5-8-10-6-3-1-2-4-7(6)11-8/h1-5H. The second-order valence-electron chi connectivity index (χ2n) is 2.13. The Hall–Kier alpha value is -0.600. The molecule has 0 fully saturated rings. The summed E-state index contributed by atoms with van der Waals surface area (Å²) in [5.74, 6) is 1.50. The van der Waals surface area contributed by atoms with Gasteiger partial charge in [0.2, 0.25) is 0 Å². The molecule has 0 spiro atoms. The molecule has 0 aliphatic rings. The van der Waals surface area contributed by atoms with E-state index in [1.54, 1.807) is 11.3 Å². The van der Waals surface area contributed by atoms with E-state index < -0.39 is 0 Å². The van der Waals surface area contributed by atoms with Crippen molar-refractivity contribution < 1.29 is 0 Å². The van der Waals surface area contributed by atoms with Crippen molar-refractivity contribution in [1.82, 2.24) is 4.98 Å². The van der Waals surface area contributed by atoms with E-state index in [1.807, 2.05) is 24.3 Å². The summed E-state index contributed by atoms with van der Waals surface area (Å²) in [6, 6.07) is 7.99. The van der Waals surface area contributed by atoms with Crippen LogP contribution in [0.2, 0.25) is 0 Å². The Morgan fingerprint density at radius 2 is 2.18 bits per heavy atom. The van der Waals surface area contributed by atoms with Gasteiger partial charge in [0.1, 0.15) is 10.9 Å². The third kappa shape index (κ3) is 1.24. The normalized spacial score (nSPS) is 10.6. The first kappa shape index (κ1) is 7.07. The van der Waals surface area contributed by atoms with Crippen molar-refractivity contribution in [3.8, 4) is 0 Å². The first-order chi connectivity index (χ1) is 5.40. The van der Waals surface area contributed by atoms with Gasteiger partial charge in [-0.3, -0.25) is 0 Å². The van der Waals surface area contributed by atoms with Crippen LogP contribution >= 0.6 is 22.9 Å². The van der Waals surface area contributed by atoms with Crippen molar-refractivity contribution in [2.24, 2.45) is 0 Å². The molecule has 3 heteroatoms. The van der Waals surface area contributed by atoms with Gasteiger partial charge in [0.25, 0.3) is 0 Å².